The van der Waals surface area contributed by atoms with E-state index in [0.29, 0.717) is 32.1 Å². The minimum atomic E-state index is -4.52. The molecule has 1 aromatic rings. The van der Waals surface area contributed by atoms with Gasteiger partial charge in [-0.1, -0.05) is 12.1 Å². The number of amides is 1. The Morgan fingerprint density at radius 3 is 2.50 bits per heavy atom. The van der Waals surface area contributed by atoms with Crippen LogP contribution in [0.5, 0.6) is 0 Å². The minimum Gasteiger partial charge on any atom is -0.381 e. The zero-order chi connectivity index (χ0) is 17.2. The molecule has 4 nitrogen and oxygen atoms in total. The number of rotatable bonds is 3. The number of benzene rings is 1. The Morgan fingerprint density at radius 2 is 1.88 bits per heavy atom. The molecule has 2 saturated heterocycles. The average molecular weight is 342 g/mol. The maximum absolute atomic E-state index is 13.1. The van der Waals surface area contributed by atoms with Gasteiger partial charge in [0.2, 0.25) is 0 Å². The summed E-state index contributed by atoms with van der Waals surface area (Å²) in [5.74, 6) is -0.00928. The fraction of sp³-hybridized carbons (Fsp3) is 0.588. The van der Waals surface area contributed by atoms with Crippen LogP contribution in [0, 0.1) is 5.92 Å². The largest absolute Gasteiger partial charge is 0.417 e. The first-order chi connectivity index (χ1) is 11.4. The molecule has 3 rings (SSSR count). The van der Waals surface area contributed by atoms with Crippen LogP contribution in [0.4, 0.5) is 13.2 Å². The molecule has 2 fully saturated rings. The van der Waals surface area contributed by atoms with Gasteiger partial charge >= 0.3 is 6.18 Å². The Balaban J connectivity index is 1.61. The molecule has 0 N–H and O–H groups in total. The molecule has 2 aliphatic heterocycles. The summed E-state index contributed by atoms with van der Waals surface area (Å²) in [4.78, 5) is 16.3. The summed E-state index contributed by atoms with van der Waals surface area (Å²) >= 11 is 0. The first-order valence-electron chi connectivity index (χ1n) is 8.21. The number of carbonyl (C=O) groups is 1. The summed E-state index contributed by atoms with van der Waals surface area (Å²) in [5.41, 5.74) is -1.12. The van der Waals surface area contributed by atoms with Crippen LogP contribution in [0.15, 0.2) is 24.3 Å². The molecular formula is C17H21F3N2O2. The van der Waals surface area contributed by atoms with Crippen molar-refractivity contribution in [3.8, 4) is 0 Å². The van der Waals surface area contributed by atoms with Crippen LogP contribution < -0.4 is 0 Å². The van der Waals surface area contributed by atoms with E-state index in [2.05, 4.69) is 4.90 Å². The van der Waals surface area contributed by atoms with Gasteiger partial charge in [-0.05, 0) is 24.5 Å². The van der Waals surface area contributed by atoms with Crippen molar-refractivity contribution in [1.82, 2.24) is 9.80 Å². The van der Waals surface area contributed by atoms with Crippen LogP contribution in [0.3, 0.4) is 0 Å². The Labute approximate surface area is 139 Å². The van der Waals surface area contributed by atoms with E-state index in [0.717, 1.165) is 32.2 Å². The second-order valence-corrected chi connectivity index (χ2v) is 6.37. The van der Waals surface area contributed by atoms with Gasteiger partial charge in [0.15, 0.2) is 0 Å². The lowest BCUT2D eigenvalue weighted by Gasteiger charge is -2.36. The smallest absolute Gasteiger partial charge is 0.381 e. The normalized spacial score (nSPS) is 22.8. The van der Waals surface area contributed by atoms with E-state index in [1.807, 2.05) is 0 Å². The van der Waals surface area contributed by atoms with E-state index in [9.17, 15) is 18.0 Å². The van der Waals surface area contributed by atoms with Crippen LogP contribution in [0.25, 0.3) is 0 Å². The van der Waals surface area contributed by atoms with Crippen LogP contribution in [-0.4, -0.2) is 61.6 Å². The second-order valence-electron chi connectivity index (χ2n) is 6.37. The highest BCUT2D eigenvalue weighted by atomic mass is 19.4. The van der Waals surface area contributed by atoms with Crippen molar-refractivity contribution < 1.29 is 22.7 Å². The summed E-state index contributed by atoms with van der Waals surface area (Å²) in [6, 6.07) is 5.00. The van der Waals surface area contributed by atoms with Gasteiger partial charge in [0, 0.05) is 39.3 Å². The Kier molecular flexibility index (Phi) is 5.10. The number of ether oxygens (including phenoxy) is 1. The molecule has 132 valence electrons. The van der Waals surface area contributed by atoms with Crippen molar-refractivity contribution in [2.24, 2.45) is 5.92 Å². The van der Waals surface area contributed by atoms with Crippen LogP contribution in [0.2, 0.25) is 0 Å². The topological polar surface area (TPSA) is 32.8 Å². The molecule has 0 aromatic heterocycles. The highest BCUT2D eigenvalue weighted by molar-refractivity contribution is 5.96. The van der Waals surface area contributed by atoms with Gasteiger partial charge < -0.3 is 9.64 Å². The summed E-state index contributed by atoms with van der Waals surface area (Å²) < 4.78 is 44.6. The predicted molar refractivity (Wildman–Crippen MR) is 82.7 cm³/mol. The lowest BCUT2D eigenvalue weighted by molar-refractivity contribution is -0.138. The lowest BCUT2D eigenvalue weighted by atomic mass is 10.0. The van der Waals surface area contributed by atoms with Gasteiger partial charge in [-0.3, -0.25) is 9.69 Å². The van der Waals surface area contributed by atoms with Crippen LogP contribution in [-0.2, 0) is 10.9 Å². The standard InChI is InChI=1S/C17H21F3N2O2/c18-17(19,20)15-4-2-1-3-14(15)16(23)22-8-6-21(7-9-22)11-13-5-10-24-12-13/h1-4,13H,5-12H2. The number of nitrogens with zero attached hydrogens (tertiary/aromatic N) is 2. The van der Waals surface area contributed by atoms with E-state index >= 15 is 0 Å². The molecule has 1 amide bonds. The van der Waals surface area contributed by atoms with Gasteiger partial charge in [0.1, 0.15) is 0 Å². The Hall–Kier alpha value is -1.60. The van der Waals surface area contributed by atoms with E-state index in [4.69, 9.17) is 4.74 Å². The maximum atomic E-state index is 13.1. The zero-order valence-corrected chi connectivity index (χ0v) is 13.4. The molecule has 0 saturated carbocycles. The number of alkyl halides is 3. The number of hydrogen-bond acceptors (Lipinski definition) is 3. The fourth-order valence-electron chi connectivity index (χ4n) is 3.31. The summed E-state index contributed by atoms with van der Waals surface area (Å²) in [7, 11) is 0. The molecule has 0 spiro atoms. The monoisotopic (exact) mass is 342 g/mol. The molecular weight excluding hydrogens is 321 g/mol. The van der Waals surface area contributed by atoms with Gasteiger partial charge in [-0.15, -0.1) is 0 Å². The average Bonchev–Trinajstić information content (AvgIpc) is 3.07. The fourth-order valence-corrected chi connectivity index (χ4v) is 3.31. The maximum Gasteiger partial charge on any atom is 0.417 e. The van der Waals surface area contributed by atoms with Crippen molar-refractivity contribution >= 4 is 5.91 Å². The first-order valence-corrected chi connectivity index (χ1v) is 8.21. The van der Waals surface area contributed by atoms with Crippen LogP contribution >= 0.6 is 0 Å². The molecule has 0 aliphatic carbocycles. The van der Waals surface area contributed by atoms with Gasteiger partial charge in [-0.25, -0.2) is 0 Å². The number of piperazine rings is 1. The molecule has 1 atom stereocenters. The van der Waals surface area contributed by atoms with E-state index in [-0.39, 0.29) is 5.56 Å². The highest BCUT2D eigenvalue weighted by Gasteiger charge is 2.36. The second kappa shape index (κ2) is 7.11. The van der Waals surface area contributed by atoms with Crippen LogP contribution in [0.1, 0.15) is 22.3 Å². The molecule has 2 aliphatic rings. The summed E-state index contributed by atoms with van der Waals surface area (Å²) in [6.45, 7) is 4.81. The van der Waals surface area contributed by atoms with E-state index < -0.39 is 17.6 Å². The molecule has 0 radical (unpaired) electrons. The van der Waals surface area contributed by atoms with E-state index in [1.165, 1.54) is 23.1 Å². The molecule has 2 heterocycles. The van der Waals surface area contributed by atoms with Gasteiger partial charge in [-0.2, -0.15) is 13.2 Å². The first kappa shape index (κ1) is 17.2. The van der Waals surface area contributed by atoms with Crippen molar-refractivity contribution in [3.05, 3.63) is 35.4 Å². The molecule has 1 aromatic carbocycles. The molecule has 24 heavy (non-hydrogen) atoms. The molecule has 7 heteroatoms. The number of carbonyl (C=O) groups excluding carboxylic acids is 1. The minimum absolute atomic E-state index is 0.261. The molecule has 0 bridgehead atoms. The van der Waals surface area contributed by atoms with Gasteiger partial charge in [0.05, 0.1) is 17.7 Å². The predicted octanol–water partition coefficient (Wildman–Crippen LogP) is 2.50. The quantitative estimate of drug-likeness (QED) is 0.846. The highest BCUT2D eigenvalue weighted by Crippen LogP contribution is 2.32. The van der Waals surface area contributed by atoms with Gasteiger partial charge in [0.25, 0.3) is 5.91 Å². The summed E-state index contributed by atoms with van der Waals surface area (Å²) in [5, 5.41) is 0. The molecule has 1 unspecified atom stereocenters. The van der Waals surface area contributed by atoms with E-state index in [1.54, 1.807) is 0 Å². The summed E-state index contributed by atoms with van der Waals surface area (Å²) in [6.07, 6.45) is -3.46. The zero-order valence-electron chi connectivity index (χ0n) is 13.4. The SMILES string of the molecule is O=C(c1ccccc1C(F)(F)F)N1CCN(CC2CCOC2)CC1. The Morgan fingerprint density at radius 1 is 1.17 bits per heavy atom. The third-order valence-electron chi connectivity index (χ3n) is 4.66. The Bertz CT molecular complexity index is 577. The number of hydrogen-bond donors (Lipinski definition) is 0. The third kappa shape index (κ3) is 3.89. The van der Waals surface area contributed by atoms with Crippen molar-refractivity contribution in [2.45, 2.75) is 12.6 Å². The lowest BCUT2D eigenvalue weighted by Crippen LogP contribution is -2.50. The third-order valence-corrected chi connectivity index (χ3v) is 4.66. The van der Waals surface area contributed by atoms with Crippen molar-refractivity contribution in [3.63, 3.8) is 0 Å². The number of halogens is 3. The van der Waals surface area contributed by atoms with Crippen molar-refractivity contribution in [2.75, 3.05) is 45.9 Å². The van der Waals surface area contributed by atoms with Crippen molar-refractivity contribution in [1.29, 1.82) is 0 Å².